The molecule has 0 saturated heterocycles. The minimum atomic E-state index is -0.103. The molecule has 4 nitrogen and oxygen atoms in total. The number of likely N-dealkylation sites (N-methyl/N-ethyl adjacent to an activating group) is 1. The SMILES string of the molecule is CCOc1ccc2ccccc2c1C(=O)NC[C@@H](c1cccs1)N(C)C. The molecule has 136 valence electrons. The van der Waals surface area contributed by atoms with Crippen LogP contribution in [0.4, 0.5) is 0 Å². The molecule has 3 rings (SSSR count). The lowest BCUT2D eigenvalue weighted by molar-refractivity contribution is 0.0940. The zero-order valence-corrected chi connectivity index (χ0v) is 16.2. The molecule has 1 N–H and O–H groups in total. The Morgan fingerprint density at radius 2 is 1.96 bits per heavy atom. The van der Waals surface area contributed by atoms with Gasteiger partial charge in [-0.25, -0.2) is 0 Å². The van der Waals surface area contributed by atoms with E-state index in [1.165, 1.54) is 4.88 Å². The molecule has 0 aliphatic carbocycles. The summed E-state index contributed by atoms with van der Waals surface area (Å²) in [7, 11) is 4.06. The monoisotopic (exact) mass is 368 g/mol. The maximum absolute atomic E-state index is 13.0. The van der Waals surface area contributed by atoms with E-state index in [1.807, 2.05) is 63.5 Å². The summed E-state index contributed by atoms with van der Waals surface area (Å²) in [5.41, 5.74) is 0.605. The van der Waals surface area contributed by atoms with Gasteiger partial charge in [0.2, 0.25) is 0 Å². The highest BCUT2D eigenvalue weighted by Crippen LogP contribution is 2.29. The number of fused-ring (bicyclic) bond motifs is 1. The molecule has 0 aliphatic rings. The summed E-state index contributed by atoms with van der Waals surface area (Å²) in [5.74, 6) is 0.523. The summed E-state index contributed by atoms with van der Waals surface area (Å²) in [4.78, 5) is 16.4. The number of amides is 1. The van der Waals surface area contributed by atoms with E-state index in [-0.39, 0.29) is 11.9 Å². The average molecular weight is 369 g/mol. The number of benzene rings is 2. The number of nitrogens with zero attached hydrogens (tertiary/aromatic N) is 1. The second kappa shape index (κ2) is 8.34. The standard InChI is InChI=1S/C21H24N2O2S/c1-4-25-18-12-11-15-8-5-6-9-16(15)20(18)21(24)22-14-17(23(2)3)19-10-7-13-26-19/h5-13,17H,4,14H2,1-3H3,(H,22,24)/t17-/m0/s1. The van der Waals surface area contributed by atoms with E-state index in [1.54, 1.807) is 11.3 Å². The van der Waals surface area contributed by atoms with Gasteiger partial charge in [-0.05, 0) is 49.3 Å². The van der Waals surface area contributed by atoms with Gasteiger partial charge in [0.15, 0.2) is 0 Å². The van der Waals surface area contributed by atoms with Gasteiger partial charge in [-0.2, -0.15) is 0 Å². The number of carbonyl (C=O) groups excluding carboxylic acids is 1. The first-order chi connectivity index (χ1) is 12.6. The zero-order chi connectivity index (χ0) is 18.5. The molecule has 1 aromatic heterocycles. The quantitative estimate of drug-likeness (QED) is 0.675. The molecule has 26 heavy (non-hydrogen) atoms. The highest BCUT2D eigenvalue weighted by molar-refractivity contribution is 7.10. The van der Waals surface area contributed by atoms with Crippen LogP contribution in [-0.4, -0.2) is 38.1 Å². The van der Waals surface area contributed by atoms with Crippen molar-refractivity contribution in [3.05, 3.63) is 64.4 Å². The minimum Gasteiger partial charge on any atom is -0.493 e. The lowest BCUT2D eigenvalue weighted by atomic mass is 10.0. The van der Waals surface area contributed by atoms with Gasteiger partial charge in [0.05, 0.1) is 18.2 Å². The molecule has 1 atom stereocenters. The van der Waals surface area contributed by atoms with Gasteiger partial charge in [0, 0.05) is 11.4 Å². The predicted octanol–water partition coefficient (Wildman–Crippen LogP) is 4.33. The van der Waals surface area contributed by atoms with Gasteiger partial charge in [-0.3, -0.25) is 4.79 Å². The molecular weight excluding hydrogens is 344 g/mol. The summed E-state index contributed by atoms with van der Waals surface area (Å²) in [6.45, 7) is 2.99. The van der Waals surface area contributed by atoms with Crippen molar-refractivity contribution >= 4 is 28.0 Å². The Morgan fingerprint density at radius 1 is 1.15 bits per heavy atom. The van der Waals surface area contributed by atoms with Crippen molar-refractivity contribution in [2.75, 3.05) is 27.2 Å². The fraction of sp³-hybridized carbons (Fsp3) is 0.286. The Hall–Kier alpha value is -2.37. The van der Waals surface area contributed by atoms with Crippen LogP contribution in [0.1, 0.15) is 28.2 Å². The number of thiophene rings is 1. The Morgan fingerprint density at radius 3 is 2.65 bits per heavy atom. The van der Waals surface area contributed by atoms with Crippen LogP contribution in [0.25, 0.3) is 10.8 Å². The van der Waals surface area contributed by atoms with E-state index in [2.05, 4.69) is 21.7 Å². The van der Waals surface area contributed by atoms with Crippen molar-refractivity contribution in [2.24, 2.45) is 0 Å². The largest absolute Gasteiger partial charge is 0.493 e. The Labute approximate surface area is 158 Å². The molecule has 0 saturated carbocycles. The van der Waals surface area contributed by atoms with Crippen molar-refractivity contribution in [3.63, 3.8) is 0 Å². The van der Waals surface area contributed by atoms with Gasteiger partial charge < -0.3 is 15.0 Å². The van der Waals surface area contributed by atoms with Crippen molar-refractivity contribution in [2.45, 2.75) is 13.0 Å². The maximum Gasteiger partial charge on any atom is 0.255 e. The summed E-state index contributed by atoms with van der Waals surface area (Å²) >= 11 is 1.70. The van der Waals surface area contributed by atoms with Gasteiger partial charge in [-0.1, -0.05) is 36.4 Å². The first-order valence-corrected chi connectivity index (χ1v) is 9.62. The van der Waals surface area contributed by atoms with E-state index >= 15 is 0 Å². The molecule has 0 unspecified atom stereocenters. The lowest BCUT2D eigenvalue weighted by Crippen LogP contribution is -2.34. The second-order valence-electron chi connectivity index (χ2n) is 6.30. The number of hydrogen-bond donors (Lipinski definition) is 1. The van der Waals surface area contributed by atoms with Crippen molar-refractivity contribution in [1.29, 1.82) is 0 Å². The Balaban J connectivity index is 1.88. The van der Waals surface area contributed by atoms with Crippen molar-refractivity contribution < 1.29 is 9.53 Å². The average Bonchev–Trinajstić information content (AvgIpc) is 3.15. The van der Waals surface area contributed by atoms with Crippen molar-refractivity contribution in [1.82, 2.24) is 10.2 Å². The highest BCUT2D eigenvalue weighted by Gasteiger charge is 2.20. The van der Waals surface area contributed by atoms with Crippen LogP contribution in [0.15, 0.2) is 53.9 Å². The third-order valence-electron chi connectivity index (χ3n) is 4.37. The van der Waals surface area contributed by atoms with Gasteiger partial charge in [-0.15, -0.1) is 11.3 Å². The first-order valence-electron chi connectivity index (χ1n) is 8.74. The number of rotatable bonds is 7. The van der Waals surface area contributed by atoms with E-state index < -0.39 is 0 Å². The van der Waals surface area contributed by atoms with Gasteiger partial charge in [0.1, 0.15) is 5.75 Å². The van der Waals surface area contributed by atoms with Crippen LogP contribution in [0, 0.1) is 0 Å². The van der Waals surface area contributed by atoms with E-state index in [0.717, 1.165) is 10.8 Å². The number of carbonyl (C=O) groups is 1. The molecule has 1 amide bonds. The minimum absolute atomic E-state index is 0.103. The molecule has 3 aromatic rings. The number of ether oxygens (including phenoxy) is 1. The molecule has 0 bridgehead atoms. The fourth-order valence-electron chi connectivity index (χ4n) is 3.06. The summed E-state index contributed by atoms with van der Waals surface area (Å²) in [6, 6.07) is 16.1. The summed E-state index contributed by atoms with van der Waals surface area (Å²) in [6.07, 6.45) is 0. The van der Waals surface area contributed by atoms with Crippen LogP contribution < -0.4 is 10.1 Å². The van der Waals surface area contributed by atoms with E-state index in [9.17, 15) is 4.79 Å². The highest BCUT2D eigenvalue weighted by atomic mass is 32.1. The predicted molar refractivity (Wildman–Crippen MR) is 108 cm³/mol. The normalized spacial score (nSPS) is 12.3. The van der Waals surface area contributed by atoms with Crippen LogP contribution >= 0.6 is 11.3 Å². The molecule has 0 spiro atoms. The van der Waals surface area contributed by atoms with Crippen LogP contribution in [0.2, 0.25) is 0 Å². The smallest absolute Gasteiger partial charge is 0.255 e. The Bertz CT molecular complexity index is 875. The van der Waals surface area contributed by atoms with Crippen molar-refractivity contribution in [3.8, 4) is 5.75 Å². The molecule has 0 radical (unpaired) electrons. The number of nitrogens with one attached hydrogen (secondary N) is 1. The van der Waals surface area contributed by atoms with E-state index in [4.69, 9.17) is 4.74 Å². The third kappa shape index (κ3) is 3.89. The fourth-order valence-corrected chi connectivity index (χ4v) is 3.98. The third-order valence-corrected chi connectivity index (χ3v) is 5.34. The zero-order valence-electron chi connectivity index (χ0n) is 15.4. The number of hydrogen-bond acceptors (Lipinski definition) is 4. The molecular formula is C21H24N2O2S. The molecule has 2 aromatic carbocycles. The molecule has 5 heteroatoms. The summed E-state index contributed by atoms with van der Waals surface area (Å²) in [5, 5.41) is 7.11. The van der Waals surface area contributed by atoms with E-state index in [0.29, 0.717) is 24.5 Å². The van der Waals surface area contributed by atoms with Gasteiger partial charge >= 0.3 is 0 Å². The Kier molecular flexibility index (Phi) is 5.91. The topological polar surface area (TPSA) is 41.6 Å². The first kappa shape index (κ1) is 18.4. The van der Waals surface area contributed by atoms with Crippen LogP contribution in [0.5, 0.6) is 5.75 Å². The lowest BCUT2D eigenvalue weighted by Gasteiger charge is -2.24. The summed E-state index contributed by atoms with van der Waals surface area (Å²) < 4.78 is 5.72. The molecule has 0 fully saturated rings. The molecule has 0 aliphatic heterocycles. The molecule has 1 heterocycles. The second-order valence-corrected chi connectivity index (χ2v) is 7.28. The van der Waals surface area contributed by atoms with Crippen LogP contribution in [0.3, 0.4) is 0 Å². The maximum atomic E-state index is 13.0. The van der Waals surface area contributed by atoms with Crippen LogP contribution in [-0.2, 0) is 0 Å². The van der Waals surface area contributed by atoms with Gasteiger partial charge in [0.25, 0.3) is 5.91 Å².